The summed E-state index contributed by atoms with van der Waals surface area (Å²) in [6, 6.07) is 1.83. The highest BCUT2D eigenvalue weighted by Gasteiger charge is 2.29. The lowest BCUT2D eigenvalue weighted by atomic mass is 9.85. The van der Waals surface area contributed by atoms with Crippen LogP contribution in [0.1, 0.15) is 43.0 Å². The number of rotatable bonds is 2. The van der Waals surface area contributed by atoms with Gasteiger partial charge in [-0.15, -0.1) is 0 Å². The molecule has 0 radical (unpaired) electrons. The summed E-state index contributed by atoms with van der Waals surface area (Å²) in [7, 11) is 1.85. The molecule has 1 aromatic rings. The highest BCUT2D eigenvalue weighted by Crippen LogP contribution is 2.29. The number of anilines is 1. The average Bonchev–Trinajstić information content (AvgIpc) is 2.40. The van der Waals surface area contributed by atoms with Gasteiger partial charge in [-0.2, -0.15) is 0 Å². The molecule has 1 aromatic heterocycles. The standard InChI is InChI=1S/C14H20ClN3O/c1-9-5-3-4-6-12(9)18(2)14(19)10-7-13(16)17-8-11(10)15/h7-9,12H,3-6H2,1-2H3,(H2,16,17). The first-order valence-corrected chi connectivity index (χ1v) is 7.06. The summed E-state index contributed by atoms with van der Waals surface area (Å²) in [5.41, 5.74) is 6.07. The fourth-order valence-electron chi connectivity index (χ4n) is 2.83. The molecular weight excluding hydrogens is 262 g/mol. The first kappa shape index (κ1) is 14.1. The van der Waals surface area contributed by atoms with Gasteiger partial charge in [0.05, 0.1) is 10.6 Å². The van der Waals surface area contributed by atoms with Crippen LogP contribution in [0.3, 0.4) is 0 Å². The summed E-state index contributed by atoms with van der Waals surface area (Å²) in [6.07, 6.45) is 6.10. The molecule has 19 heavy (non-hydrogen) atoms. The van der Waals surface area contributed by atoms with E-state index in [9.17, 15) is 4.79 Å². The molecular formula is C14H20ClN3O. The van der Waals surface area contributed by atoms with Crippen molar-refractivity contribution in [2.45, 2.75) is 38.6 Å². The molecule has 1 fully saturated rings. The van der Waals surface area contributed by atoms with Crippen LogP contribution < -0.4 is 5.73 Å². The Labute approximate surface area is 118 Å². The van der Waals surface area contributed by atoms with Crippen molar-refractivity contribution in [1.82, 2.24) is 9.88 Å². The molecule has 2 N–H and O–H groups in total. The Morgan fingerprint density at radius 1 is 1.47 bits per heavy atom. The molecule has 1 aliphatic carbocycles. The van der Waals surface area contributed by atoms with Crippen molar-refractivity contribution < 1.29 is 4.79 Å². The van der Waals surface area contributed by atoms with Crippen LogP contribution in [0, 0.1) is 5.92 Å². The van der Waals surface area contributed by atoms with Crippen LogP contribution in [0.4, 0.5) is 5.82 Å². The summed E-state index contributed by atoms with van der Waals surface area (Å²) in [5.74, 6) is 0.774. The van der Waals surface area contributed by atoms with Crippen LogP contribution in [-0.2, 0) is 0 Å². The zero-order valence-electron chi connectivity index (χ0n) is 11.4. The normalized spacial score (nSPS) is 23.1. The third-order valence-electron chi connectivity index (χ3n) is 3.99. The van der Waals surface area contributed by atoms with E-state index in [1.165, 1.54) is 25.5 Å². The third-order valence-corrected chi connectivity index (χ3v) is 4.29. The molecule has 2 rings (SSSR count). The van der Waals surface area contributed by atoms with Crippen molar-refractivity contribution >= 4 is 23.3 Å². The lowest BCUT2D eigenvalue weighted by Crippen LogP contribution is -2.42. The molecule has 104 valence electrons. The van der Waals surface area contributed by atoms with Gasteiger partial charge in [0, 0.05) is 19.3 Å². The minimum absolute atomic E-state index is 0.0714. The van der Waals surface area contributed by atoms with Crippen LogP contribution in [0.25, 0.3) is 0 Å². The second kappa shape index (κ2) is 5.78. The van der Waals surface area contributed by atoms with E-state index in [2.05, 4.69) is 11.9 Å². The highest BCUT2D eigenvalue weighted by atomic mass is 35.5. The topological polar surface area (TPSA) is 59.2 Å². The van der Waals surface area contributed by atoms with Crippen LogP contribution in [0.5, 0.6) is 0 Å². The Morgan fingerprint density at radius 3 is 2.84 bits per heavy atom. The predicted octanol–water partition coefficient (Wildman–Crippen LogP) is 2.97. The summed E-state index contributed by atoms with van der Waals surface area (Å²) < 4.78 is 0. The van der Waals surface area contributed by atoms with Gasteiger partial charge >= 0.3 is 0 Å². The van der Waals surface area contributed by atoms with E-state index in [0.29, 0.717) is 22.3 Å². The van der Waals surface area contributed by atoms with Gasteiger partial charge < -0.3 is 10.6 Å². The van der Waals surface area contributed by atoms with E-state index in [0.717, 1.165) is 6.42 Å². The van der Waals surface area contributed by atoms with E-state index in [1.807, 2.05) is 11.9 Å². The Morgan fingerprint density at radius 2 is 2.16 bits per heavy atom. The fourth-order valence-corrected chi connectivity index (χ4v) is 3.02. The van der Waals surface area contributed by atoms with Gasteiger partial charge in [0.1, 0.15) is 5.82 Å². The van der Waals surface area contributed by atoms with Gasteiger partial charge in [0.15, 0.2) is 0 Å². The first-order chi connectivity index (χ1) is 9.00. The second-order valence-electron chi connectivity index (χ2n) is 5.33. The van der Waals surface area contributed by atoms with Gasteiger partial charge in [-0.25, -0.2) is 4.98 Å². The van der Waals surface area contributed by atoms with Crippen LogP contribution in [0.2, 0.25) is 5.02 Å². The van der Waals surface area contributed by atoms with E-state index >= 15 is 0 Å². The van der Waals surface area contributed by atoms with E-state index in [-0.39, 0.29) is 11.9 Å². The van der Waals surface area contributed by atoms with Gasteiger partial charge in [0.25, 0.3) is 5.91 Å². The Bertz CT molecular complexity index is 478. The number of amides is 1. The Balaban J connectivity index is 2.20. The van der Waals surface area contributed by atoms with Gasteiger partial charge in [-0.3, -0.25) is 4.79 Å². The minimum atomic E-state index is -0.0714. The van der Waals surface area contributed by atoms with Crippen LogP contribution in [-0.4, -0.2) is 28.9 Å². The highest BCUT2D eigenvalue weighted by molar-refractivity contribution is 6.33. The molecule has 0 saturated heterocycles. The minimum Gasteiger partial charge on any atom is -0.384 e. The maximum atomic E-state index is 12.5. The molecule has 2 atom stereocenters. The van der Waals surface area contributed by atoms with Crippen molar-refractivity contribution in [1.29, 1.82) is 0 Å². The van der Waals surface area contributed by atoms with Gasteiger partial charge in [-0.1, -0.05) is 31.4 Å². The molecule has 0 spiro atoms. The largest absolute Gasteiger partial charge is 0.384 e. The molecule has 0 aromatic carbocycles. The number of aromatic nitrogens is 1. The van der Waals surface area contributed by atoms with Crippen LogP contribution in [0.15, 0.2) is 12.3 Å². The smallest absolute Gasteiger partial charge is 0.255 e. The van der Waals surface area contributed by atoms with E-state index in [1.54, 1.807) is 6.07 Å². The number of nitrogens with zero attached hydrogens (tertiary/aromatic N) is 2. The molecule has 1 aliphatic rings. The molecule has 1 amide bonds. The van der Waals surface area contributed by atoms with Crippen molar-refractivity contribution in [3.05, 3.63) is 22.8 Å². The predicted molar refractivity (Wildman–Crippen MR) is 77.2 cm³/mol. The Hall–Kier alpha value is -1.29. The number of nitrogen functional groups attached to an aromatic ring is 1. The van der Waals surface area contributed by atoms with Gasteiger partial charge in [0.2, 0.25) is 0 Å². The molecule has 0 aliphatic heterocycles. The third kappa shape index (κ3) is 3.00. The molecule has 0 bridgehead atoms. The maximum absolute atomic E-state index is 12.5. The van der Waals surface area contributed by atoms with Crippen molar-refractivity contribution in [3.63, 3.8) is 0 Å². The number of pyridine rings is 1. The molecule has 1 heterocycles. The summed E-state index contributed by atoms with van der Waals surface area (Å²) in [4.78, 5) is 18.2. The Kier molecular flexibility index (Phi) is 4.30. The van der Waals surface area contributed by atoms with Crippen LogP contribution >= 0.6 is 11.6 Å². The first-order valence-electron chi connectivity index (χ1n) is 6.69. The summed E-state index contributed by atoms with van der Waals surface area (Å²) >= 11 is 6.04. The zero-order chi connectivity index (χ0) is 14.0. The zero-order valence-corrected chi connectivity index (χ0v) is 12.2. The van der Waals surface area contributed by atoms with Crippen molar-refractivity contribution in [2.24, 2.45) is 5.92 Å². The second-order valence-corrected chi connectivity index (χ2v) is 5.74. The summed E-state index contributed by atoms with van der Waals surface area (Å²) in [5, 5.41) is 0.356. The lowest BCUT2D eigenvalue weighted by molar-refractivity contribution is 0.0629. The number of hydrogen-bond donors (Lipinski definition) is 1. The number of carbonyl (C=O) groups is 1. The molecule has 1 saturated carbocycles. The number of nitrogens with two attached hydrogens (primary N) is 1. The molecule has 5 heteroatoms. The fraction of sp³-hybridized carbons (Fsp3) is 0.571. The van der Waals surface area contributed by atoms with Crippen molar-refractivity contribution in [3.8, 4) is 0 Å². The molecule has 4 nitrogen and oxygen atoms in total. The van der Waals surface area contributed by atoms with Gasteiger partial charge in [-0.05, 0) is 24.8 Å². The SMILES string of the molecule is CC1CCCCC1N(C)C(=O)c1cc(N)ncc1Cl. The van der Waals surface area contributed by atoms with E-state index in [4.69, 9.17) is 17.3 Å². The number of halogens is 1. The molecule has 2 unspecified atom stereocenters. The quantitative estimate of drug-likeness (QED) is 0.907. The number of carbonyl (C=O) groups excluding carboxylic acids is 1. The maximum Gasteiger partial charge on any atom is 0.255 e. The van der Waals surface area contributed by atoms with E-state index < -0.39 is 0 Å². The van der Waals surface area contributed by atoms with Crippen molar-refractivity contribution in [2.75, 3.05) is 12.8 Å². The number of hydrogen-bond acceptors (Lipinski definition) is 3. The monoisotopic (exact) mass is 281 g/mol. The average molecular weight is 282 g/mol. The lowest BCUT2D eigenvalue weighted by Gasteiger charge is -2.36. The summed E-state index contributed by atoms with van der Waals surface area (Å²) in [6.45, 7) is 2.20.